The van der Waals surface area contributed by atoms with Gasteiger partial charge >= 0.3 is 0 Å². The summed E-state index contributed by atoms with van der Waals surface area (Å²) < 4.78 is 0. The lowest BCUT2D eigenvalue weighted by atomic mass is 9.81. The van der Waals surface area contributed by atoms with Crippen LogP contribution in [0.1, 0.15) is 52.2 Å². The molecule has 1 N–H and O–H groups in total. The lowest BCUT2D eigenvalue weighted by Crippen LogP contribution is -2.46. The molecule has 1 amide bonds. The number of nitrogens with one attached hydrogen (secondary N) is 1. The molecule has 106 valence electrons. The van der Waals surface area contributed by atoms with Gasteiger partial charge in [-0.3, -0.25) is 4.79 Å². The highest BCUT2D eigenvalue weighted by Crippen LogP contribution is 2.26. The van der Waals surface area contributed by atoms with Gasteiger partial charge in [0.05, 0.1) is 6.42 Å². The lowest BCUT2D eigenvalue weighted by Gasteiger charge is -2.33. The summed E-state index contributed by atoms with van der Waals surface area (Å²) in [5, 5.41) is 3.14. The largest absolute Gasteiger partial charge is 0.351 e. The van der Waals surface area contributed by atoms with E-state index in [0.717, 1.165) is 12.0 Å². The molecule has 0 aliphatic rings. The molecule has 1 aromatic rings. The van der Waals surface area contributed by atoms with Gasteiger partial charge in [-0.25, -0.2) is 0 Å². The molecule has 0 heterocycles. The van der Waals surface area contributed by atoms with E-state index in [-0.39, 0.29) is 16.9 Å². The van der Waals surface area contributed by atoms with Crippen molar-refractivity contribution in [3.05, 3.63) is 35.4 Å². The van der Waals surface area contributed by atoms with Gasteiger partial charge in [0.15, 0.2) is 0 Å². The molecular weight excluding hydrogens is 234 g/mol. The topological polar surface area (TPSA) is 29.1 Å². The maximum atomic E-state index is 12.1. The second-order valence-corrected chi connectivity index (χ2v) is 7.33. The van der Waals surface area contributed by atoms with Gasteiger partial charge in [0.25, 0.3) is 0 Å². The summed E-state index contributed by atoms with van der Waals surface area (Å²) in [7, 11) is 0. The van der Waals surface area contributed by atoms with Crippen molar-refractivity contribution < 1.29 is 4.79 Å². The van der Waals surface area contributed by atoms with Crippen LogP contribution in [0.15, 0.2) is 24.3 Å². The van der Waals surface area contributed by atoms with Crippen LogP contribution in [0.5, 0.6) is 0 Å². The first-order chi connectivity index (χ1) is 8.57. The van der Waals surface area contributed by atoms with Crippen molar-refractivity contribution in [3.8, 4) is 0 Å². The summed E-state index contributed by atoms with van der Waals surface area (Å²) >= 11 is 0. The maximum absolute atomic E-state index is 12.1. The van der Waals surface area contributed by atoms with Crippen LogP contribution in [-0.4, -0.2) is 11.4 Å². The maximum Gasteiger partial charge on any atom is 0.224 e. The van der Waals surface area contributed by atoms with E-state index in [0.29, 0.717) is 6.42 Å². The molecule has 0 aliphatic carbocycles. The molecule has 0 aromatic heterocycles. The number of amides is 1. The van der Waals surface area contributed by atoms with Crippen LogP contribution in [0.2, 0.25) is 0 Å². The molecule has 0 atom stereocenters. The Morgan fingerprint density at radius 1 is 1.05 bits per heavy atom. The third-order valence-corrected chi connectivity index (χ3v) is 2.94. The van der Waals surface area contributed by atoms with Crippen molar-refractivity contribution in [3.63, 3.8) is 0 Å². The predicted molar refractivity (Wildman–Crippen MR) is 81.2 cm³/mol. The Morgan fingerprint density at radius 2 is 1.58 bits per heavy atom. The van der Waals surface area contributed by atoms with E-state index >= 15 is 0 Å². The first-order valence-corrected chi connectivity index (χ1v) is 6.94. The molecular formula is C17H27NO. The van der Waals surface area contributed by atoms with Crippen molar-refractivity contribution in [1.82, 2.24) is 5.32 Å². The third kappa shape index (κ3) is 6.42. The number of carbonyl (C=O) groups is 1. The fourth-order valence-corrected chi connectivity index (χ4v) is 2.68. The highest BCUT2D eigenvalue weighted by atomic mass is 16.1. The number of benzene rings is 1. The zero-order valence-corrected chi connectivity index (χ0v) is 13.1. The Hall–Kier alpha value is -1.31. The van der Waals surface area contributed by atoms with Gasteiger partial charge in [-0.1, -0.05) is 50.6 Å². The molecule has 2 heteroatoms. The summed E-state index contributed by atoms with van der Waals surface area (Å²) in [6.45, 7) is 12.8. The SMILES string of the molecule is Cc1ccc(CC(=O)NC(C)(C)CC(C)(C)C)cc1. The van der Waals surface area contributed by atoms with Gasteiger partial charge in [-0.15, -0.1) is 0 Å². The smallest absolute Gasteiger partial charge is 0.224 e. The number of carbonyl (C=O) groups excluding carboxylic acids is 1. The number of rotatable bonds is 4. The summed E-state index contributed by atoms with van der Waals surface area (Å²) in [6, 6.07) is 8.13. The van der Waals surface area contributed by atoms with E-state index in [4.69, 9.17) is 0 Å². The van der Waals surface area contributed by atoms with Gasteiger partial charge in [-0.05, 0) is 38.2 Å². The van der Waals surface area contributed by atoms with Crippen molar-refractivity contribution in [2.45, 2.75) is 59.9 Å². The summed E-state index contributed by atoms with van der Waals surface area (Å²) in [4.78, 5) is 12.1. The van der Waals surface area contributed by atoms with Crippen molar-refractivity contribution in [2.75, 3.05) is 0 Å². The lowest BCUT2D eigenvalue weighted by molar-refractivity contribution is -0.122. The van der Waals surface area contributed by atoms with E-state index < -0.39 is 0 Å². The Kier molecular flexibility index (Phi) is 4.78. The van der Waals surface area contributed by atoms with E-state index in [9.17, 15) is 4.79 Å². The molecule has 0 bridgehead atoms. The number of hydrogen-bond donors (Lipinski definition) is 1. The quantitative estimate of drug-likeness (QED) is 0.876. The Bertz CT molecular complexity index is 424. The molecule has 1 rings (SSSR count). The zero-order valence-electron chi connectivity index (χ0n) is 13.1. The second-order valence-electron chi connectivity index (χ2n) is 7.33. The molecule has 0 unspecified atom stereocenters. The fraction of sp³-hybridized carbons (Fsp3) is 0.588. The Balaban J connectivity index is 2.57. The van der Waals surface area contributed by atoms with Crippen molar-refractivity contribution in [2.24, 2.45) is 5.41 Å². The highest BCUT2D eigenvalue weighted by molar-refractivity contribution is 5.79. The average molecular weight is 261 g/mol. The standard InChI is InChI=1S/C17H27NO/c1-13-7-9-14(10-8-13)11-15(19)18-17(5,6)12-16(2,3)4/h7-10H,11-12H2,1-6H3,(H,18,19). The summed E-state index contributed by atoms with van der Waals surface area (Å²) in [5.74, 6) is 0.0955. The molecule has 0 aliphatic heterocycles. The molecule has 0 saturated carbocycles. The minimum atomic E-state index is -0.167. The summed E-state index contributed by atoms with van der Waals surface area (Å²) in [5.41, 5.74) is 2.33. The first-order valence-electron chi connectivity index (χ1n) is 6.94. The average Bonchev–Trinajstić information content (AvgIpc) is 2.16. The van der Waals surface area contributed by atoms with Gasteiger partial charge in [0, 0.05) is 5.54 Å². The van der Waals surface area contributed by atoms with Gasteiger partial charge in [0.2, 0.25) is 5.91 Å². The molecule has 1 aromatic carbocycles. The minimum Gasteiger partial charge on any atom is -0.351 e. The molecule has 2 nitrogen and oxygen atoms in total. The van der Waals surface area contributed by atoms with Crippen LogP contribution in [0.3, 0.4) is 0 Å². The van der Waals surface area contributed by atoms with Crippen LogP contribution in [0, 0.1) is 12.3 Å². The zero-order chi connectivity index (χ0) is 14.7. The Labute approximate surface area is 117 Å². The van der Waals surface area contributed by atoms with Crippen molar-refractivity contribution >= 4 is 5.91 Å². The van der Waals surface area contributed by atoms with E-state index in [2.05, 4.69) is 46.9 Å². The fourth-order valence-electron chi connectivity index (χ4n) is 2.68. The van der Waals surface area contributed by atoms with Crippen LogP contribution < -0.4 is 5.32 Å². The minimum absolute atomic E-state index is 0.0955. The van der Waals surface area contributed by atoms with Crippen LogP contribution in [-0.2, 0) is 11.2 Å². The highest BCUT2D eigenvalue weighted by Gasteiger charge is 2.26. The molecule has 0 spiro atoms. The first kappa shape index (κ1) is 15.7. The predicted octanol–water partition coefficient (Wildman–Crippen LogP) is 3.87. The van der Waals surface area contributed by atoms with Gasteiger partial charge in [-0.2, -0.15) is 0 Å². The number of hydrogen-bond acceptors (Lipinski definition) is 1. The van der Waals surface area contributed by atoms with Crippen LogP contribution in [0.4, 0.5) is 0 Å². The summed E-state index contributed by atoms with van der Waals surface area (Å²) in [6.07, 6.45) is 1.41. The Morgan fingerprint density at radius 3 is 2.05 bits per heavy atom. The molecule has 0 radical (unpaired) electrons. The van der Waals surface area contributed by atoms with Gasteiger partial charge < -0.3 is 5.32 Å². The molecule has 19 heavy (non-hydrogen) atoms. The monoisotopic (exact) mass is 261 g/mol. The molecule has 0 saturated heterocycles. The van der Waals surface area contributed by atoms with Crippen LogP contribution in [0.25, 0.3) is 0 Å². The third-order valence-electron chi connectivity index (χ3n) is 2.94. The normalized spacial score (nSPS) is 12.3. The van der Waals surface area contributed by atoms with E-state index in [1.165, 1.54) is 5.56 Å². The number of aryl methyl sites for hydroxylation is 1. The van der Waals surface area contributed by atoms with E-state index in [1.807, 2.05) is 24.3 Å². The van der Waals surface area contributed by atoms with E-state index in [1.54, 1.807) is 0 Å². The van der Waals surface area contributed by atoms with Crippen LogP contribution >= 0.6 is 0 Å². The second kappa shape index (κ2) is 5.77. The van der Waals surface area contributed by atoms with Crippen molar-refractivity contribution in [1.29, 1.82) is 0 Å². The van der Waals surface area contributed by atoms with Gasteiger partial charge in [0.1, 0.15) is 0 Å². The molecule has 0 fully saturated rings.